The second kappa shape index (κ2) is 9.39. The van der Waals surface area contributed by atoms with E-state index in [1.165, 1.54) is 19.1 Å². The molecule has 34 heavy (non-hydrogen) atoms. The third kappa shape index (κ3) is 4.12. The van der Waals surface area contributed by atoms with Crippen molar-refractivity contribution < 1.29 is 24.2 Å². The summed E-state index contributed by atoms with van der Waals surface area (Å²) in [5, 5.41) is 11.3. The first-order chi connectivity index (χ1) is 16.3. The Hall–Kier alpha value is -4.13. The van der Waals surface area contributed by atoms with Crippen molar-refractivity contribution in [3.63, 3.8) is 0 Å². The zero-order chi connectivity index (χ0) is 24.4. The lowest BCUT2D eigenvalue weighted by Gasteiger charge is -2.26. The highest BCUT2D eigenvalue weighted by atomic mass is 16.5. The Morgan fingerprint density at radius 2 is 1.68 bits per heavy atom. The van der Waals surface area contributed by atoms with E-state index in [0.717, 1.165) is 16.7 Å². The summed E-state index contributed by atoms with van der Waals surface area (Å²) >= 11 is 0. The van der Waals surface area contributed by atoms with Crippen LogP contribution in [0, 0.1) is 13.8 Å². The summed E-state index contributed by atoms with van der Waals surface area (Å²) in [4.78, 5) is 32.1. The van der Waals surface area contributed by atoms with Crippen molar-refractivity contribution in [1.82, 2.24) is 9.88 Å². The molecule has 0 bridgehead atoms. The minimum Gasteiger partial charge on any atom is -0.507 e. The van der Waals surface area contributed by atoms with Gasteiger partial charge in [0.2, 0.25) is 0 Å². The molecule has 1 aromatic heterocycles. The number of pyridine rings is 1. The lowest BCUT2D eigenvalue weighted by atomic mass is 9.95. The van der Waals surface area contributed by atoms with Gasteiger partial charge in [0.05, 0.1) is 25.8 Å². The van der Waals surface area contributed by atoms with Crippen LogP contribution in [0.5, 0.6) is 11.5 Å². The minimum atomic E-state index is -0.768. The van der Waals surface area contributed by atoms with Gasteiger partial charge in [0.25, 0.3) is 11.7 Å². The molecule has 1 amide bonds. The number of aromatic nitrogens is 1. The van der Waals surface area contributed by atoms with Gasteiger partial charge in [-0.1, -0.05) is 23.8 Å². The van der Waals surface area contributed by atoms with Crippen LogP contribution < -0.4 is 9.47 Å². The molecule has 2 heterocycles. The molecule has 1 atom stereocenters. The van der Waals surface area contributed by atoms with Crippen LogP contribution in [0.15, 0.2) is 66.5 Å². The highest BCUT2D eigenvalue weighted by Crippen LogP contribution is 2.41. The molecular weight excluding hydrogens is 432 g/mol. The first kappa shape index (κ1) is 23.0. The van der Waals surface area contributed by atoms with Crippen molar-refractivity contribution in [2.24, 2.45) is 0 Å². The van der Waals surface area contributed by atoms with E-state index in [-0.39, 0.29) is 17.9 Å². The molecule has 0 radical (unpaired) electrons. The van der Waals surface area contributed by atoms with Gasteiger partial charge < -0.3 is 19.5 Å². The third-order valence-electron chi connectivity index (χ3n) is 6.06. The number of methoxy groups -OCH3 is 2. The lowest BCUT2D eigenvalue weighted by molar-refractivity contribution is -0.140. The fraction of sp³-hybridized carbons (Fsp3) is 0.222. The molecule has 7 nitrogen and oxygen atoms in total. The van der Waals surface area contributed by atoms with Crippen LogP contribution in [-0.4, -0.2) is 40.9 Å². The van der Waals surface area contributed by atoms with E-state index < -0.39 is 17.7 Å². The lowest BCUT2D eigenvalue weighted by Crippen LogP contribution is -2.29. The number of aliphatic hydroxyl groups is 1. The number of rotatable bonds is 6. The molecule has 2 aromatic carbocycles. The quantitative estimate of drug-likeness (QED) is 0.336. The normalized spacial score (nSPS) is 17.2. The van der Waals surface area contributed by atoms with Gasteiger partial charge in [-0.2, -0.15) is 0 Å². The standard InChI is InChI=1S/C27H26N2O5/c1-16-5-6-17(2)20(13-16)15-29-24(18-9-11-28-12-10-18)23(26(31)27(29)32)25(30)19-7-8-21(33-3)22(14-19)34-4/h5-14,24,30H,15H2,1-4H3/b25-23-. The molecule has 4 rings (SSSR count). The molecule has 3 aromatic rings. The van der Waals surface area contributed by atoms with Gasteiger partial charge in [0.1, 0.15) is 5.76 Å². The van der Waals surface area contributed by atoms with Gasteiger partial charge in [-0.25, -0.2) is 0 Å². The summed E-state index contributed by atoms with van der Waals surface area (Å²) in [5.74, 6) is -0.787. The van der Waals surface area contributed by atoms with E-state index in [4.69, 9.17) is 9.47 Å². The number of likely N-dealkylation sites (tertiary alicyclic amines) is 1. The molecule has 174 valence electrons. The smallest absolute Gasteiger partial charge is 0.295 e. The van der Waals surface area contributed by atoms with Crippen molar-refractivity contribution >= 4 is 17.4 Å². The zero-order valence-electron chi connectivity index (χ0n) is 19.5. The molecule has 1 fully saturated rings. The van der Waals surface area contributed by atoms with Crippen molar-refractivity contribution in [2.75, 3.05) is 14.2 Å². The Morgan fingerprint density at radius 3 is 2.35 bits per heavy atom. The molecule has 1 saturated heterocycles. The molecule has 1 unspecified atom stereocenters. The summed E-state index contributed by atoms with van der Waals surface area (Å²) in [6.07, 6.45) is 3.20. The van der Waals surface area contributed by atoms with E-state index in [9.17, 15) is 14.7 Å². The van der Waals surface area contributed by atoms with Gasteiger partial charge in [0, 0.05) is 24.5 Å². The SMILES string of the molecule is COc1ccc(/C(O)=C2/C(=O)C(=O)N(Cc3cc(C)ccc3C)C2c2ccncc2)cc1OC. The number of carbonyl (C=O) groups is 2. The highest BCUT2D eigenvalue weighted by Gasteiger charge is 2.46. The topological polar surface area (TPSA) is 89.0 Å². The van der Waals surface area contributed by atoms with E-state index in [0.29, 0.717) is 22.6 Å². The maximum absolute atomic E-state index is 13.3. The number of Topliss-reactive ketones (excluding diaryl/α,β-unsaturated/α-hetero) is 1. The molecule has 1 N–H and O–H groups in total. The maximum atomic E-state index is 13.3. The van der Waals surface area contributed by atoms with Crippen LogP contribution in [0.2, 0.25) is 0 Å². The number of benzene rings is 2. The van der Waals surface area contributed by atoms with Crippen molar-refractivity contribution in [3.8, 4) is 11.5 Å². The molecule has 1 aliphatic heterocycles. The summed E-state index contributed by atoms with van der Waals surface area (Å²) in [7, 11) is 3.00. The van der Waals surface area contributed by atoms with Gasteiger partial charge in [0.15, 0.2) is 11.5 Å². The Balaban J connectivity index is 1.87. The average molecular weight is 459 g/mol. The number of hydrogen-bond acceptors (Lipinski definition) is 6. The summed E-state index contributed by atoms with van der Waals surface area (Å²) in [5.41, 5.74) is 4.06. The largest absolute Gasteiger partial charge is 0.507 e. The predicted octanol–water partition coefficient (Wildman–Crippen LogP) is 4.34. The Kier molecular flexibility index (Phi) is 6.36. The fourth-order valence-corrected chi connectivity index (χ4v) is 4.23. The number of amides is 1. The minimum absolute atomic E-state index is 0.0220. The third-order valence-corrected chi connectivity index (χ3v) is 6.06. The van der Waals surface area contributed by atoms with Crippen LogP contribution in [-0.2, 0) is 16.1 Å². The van der Waals surface area contributed by atoms with Gasteiger partial charge in [-0.3, -0.25) is 14.6 Å². The number of aryl methyl sites for hydroxylation is 2. The average Bonchev–Trinajstić information content (AvgIpc) is 3.10. The van der Waals surface area contributed by atoms with Gasteiger partial charge in [-0.05, 0) is 60.9 Å². The number of nitrogens with zero attached hydrogens (tertiary/aromatic N) is 2. The number of aliphatic hydroxyl groups excluding tert-OH is 1. The highest BCUT2D eigenvalue weighted by molar-refractivity contribution is 6.46. The van der Waals surface area contributed by atoms with Gasteiger partial charge in [-0.15, -0.1) is 0 Å². The number of carbonyl (C=O) groups excluding carboxylic acids is 2. The number of ether oxygens (including phenoxy) is 2. The second-order valence-corrected chi connectivity index (χ2v) is 8.21. The van der Waals surface area contributed by atoms with E-state index >= 15 is 0 Å². The van der Waals surface area contributed by atoms with Crippen LogP contribution in [0.4, 0.5) is 0 Å². The summed E-state index contributed by atoms with van der Waals surface area (Å²) < 4.78 is 10.6. The van der Waals surface area contributed by atoms with Crippen molar-refractivity contribution in [3.05, 3.63) is 94.3 Å². The molecule has 1 aliphatic rings. The number of hydrogen-bond donors (Lipinski definition) is 1. The predicted molar refractivity (Wildman–Crippen MR) is 128 cm³/mol. The van der Waals surface area contributed by atoms with Crippen molar-refractivity contribution in [1.29, 1.82) is 0 Å². The van der Waals surface area contributed by atoms with Crippen LogP contribution in [0.1, 0.15) is 33.9 Å². The molecule has 7 heteroatoms. The number of ketones is 1. The van der Waals surface area contributed by atoms with Crippen LogP contribution in [0.25, 0.3) is 5.76 Å². The fourth-order valence-electron chi connectivity index (χ4n) is 4.23. The second-order valence-electron chi connectivity index (χ2n) is 8.21. The summed E-state index contributed by atoms with van der Waals surface area (Å²) in [6.45, 7) is 4.18. The van der Waals surface area contributed by atoms with E-state index in [2.05, 4.69) is 4.98 Å². The molecule has 0 saturated carbocycles. The van der Waals surface area contributed by atoms with Crippen LogP contribution in [0.3, 0.4) is 0 Å². The van der Waals surface area contributed by atoms with Gasteiger partial charge >= 0.3 is 0 Å². The summed E-state index contributed by atoms with van der Waals surface area (Å²) in [6, 6.07) is 13.6. The Bertz CT molecular complexity index is 1280. The monoisotopic (exact) mass is 458 g/mol. The first-order valence-corrected chi connectivity index (χ1v) is 10.8. The van der Waals surface area contributed by atoms with E-state index in [1.54, 1.807) is 42.7 Å². The van der Waals surface area contributed by atoms with Crippen LogP contribution >= 0.6 is 0 Å². The van der Waals surface area contributed by atoms with E-state index in [1.807, 2.05) is 32.0 Å². The maximum Gasteiger partial charge on any atom is 0.295 e. The Morgan fingerprint density at radius 1 is 0.971 bits per heavy atom. The zero-order valence-corrected chi connectivity index (χ0v) is 19.5. The Labute approximate surface area is 198 Å². The molecule has 0 spiro atoms. The first-order valence-electron chi connectivity index (χ1n) is 10.8. The molecular formula is C27H26N2O5. The molecule has 0 aliphatic carbocycles. The van der Waals surface area contributed by atoms with Crippen molar-refractivity contribution in [2.45, 2.75) is 26.4 Å².